The van der Waals surface area contributed by atoms with Crippen molar-refractivity contribution in [1.82, 2.24) is 9.38 Å². The van der Waals surface area contributed by atoms with Gasteiger partial charge in [0, 0.05) is 19.5 Å². The molecule has 0 spiro atoms. The van der Waals surface area contributed by atoms with E-state index < -0.39 is 0 Å². The number of fused-ring (bicyclic) bond motifs is 1. The van der Waals surface area contributed by atoms with Gasteiger partial charge in [-0.1, -0.05) is 0 Å². The van der Waals surface area contributed by atoms with E-state index in [-0.39, 0.29) is 0 Å². The lowest BCUT2D eigenvalue weighted by atomic mass is 10.5. The van der Waals surface area contributed by atoms with Crippen molar-refractivity contribution in [3.63, 3.8) is 0 Å². The Bertz CT molecular complexity index is 470. The Balaban J connectivity index is 2.05. The first-order valence-electron chi connectivity index (χ1n) is 5.00. The van der Waals surface area contributed by atoms with Crippen molar-refractivity contribution in [3.05, 3.63) is 34.7 Å². The number of rotatable bonds is 5. The first-order chi connectivity index (χ1) is 7.81. The van der Waals surface area contributed by atoms with Crippen LogP contribution in [0.1, 0.15) is 5.69 Å². The number of halogens is 1. The molecule has 2 aromatic heterocycles. The quantitative estimate of drug-likeness (QED) is 0.790. The van der Waals surface area contributed by atoms with Crippen LogP contribution in [0.15, 0.2) is 29.0 Å². The smallest absolute Gasteiger partial charge is 0.151 e. The number of ether oxygens (including phenoxy) is 2. The van der Waals surface area contributed by atoms with Crippen LogP contribution in [0.25, 0.3) is 5.65 Å². The minimum absolute atomic E-state index is 0.511. The molecule has 5 heteroatoms. The molecule has 16 heavy (non-hydrogen) atoms. The summed E-state index contributed by atoms with van der Waals surface area (Å²) in [6, 6.07) is 3.94. The van der Waals surface area contributed by atoms with Crippen LogP contribution >= 0.6 is 15.9 Å². The van der Waals surface area contributed by atoms with Gasteiger partial charge in [0.25, 0.3) is 0 Å². The summed E-state index contributed by atoms with van der Waals surface area (Å²) >= 11 is 3.46. The molecule has 0 saturated heterocycles. The van der Waals surface area contributed by atoms with E-state index in [1.54, 1.807) is 7.11 Å². The molecule has 2 rings (SSSR count). The van der Waals surface area contributed by atoms with Gasteiger partial charge in [0.15, 0.2) is 5.65 Å². The van der Waals surface area contributed by atoms with Gasteiger partial charge in [0.2, 0.25) is 0 Å². The highest BCUT2D eigenvalue weighted by Crippen LogP contribution is 2.17. The van der Waals surface area contributed by atoms with E-state index in [4.69, 9.17) is 9.47 Å². The minimum atomic E-state index is 0.511. The molecule has 0 aliphatic rings. The average Bonchev–Trinajstić information content (AvgIpc) is 2.69. The highest BCUT2D eigenvalue weighted by Gasteiger charge is 2.04. The Morgan fingerprint density at radius 2 is 2.31 bits per heavy atom. The molecule has 0 aliphatic carbocycles. The number of imidazole rings is 1. The van der Waals surface area contributed by atoms with Crippen molar-refractivity contribution in [2.75, 3.05) is 20.3 Å². The maximum atomic E-state index is 5.41. The SMILES string of the molecule is COCCOCc1cn2cccc(Br)c2n1. The van der Waals surface area contributed by atoms with Gasteiger partial charge in [-0.3, -0.25) is 0 Å². The zero-order valence-electron chi connectivity index (χ0n) is 9.02. The van der Waals surface area contributed by atoms with Gasteiger partial charge in [-0.25, -0.2) is 4.98 Å². The minimum Gasteiger partial charge on any atom is -0.382 e. The monoisotopic (exact) mass is 284 g/mol. The van der Waals surface area contributed by atoms with E-state index in [1.807, 2.05) is 28.9 Å². The van der Waals surface area contributed by atoms with Gasteiger partial charge in [-0.2, -0.15) is 0 Å². The summed E-state index contributed by atoms with van der Waals surface area (Å²) in [4.78, 5) is 4.46. The molecule has 0 unspecified atom stereocenters. The molecule has 2 aromatic rings. The lowest BCUT2D eigenvalue weighted by Crippen LogP contribution is -2.01. The molecule has 0 radical (unpaired) electrons. The summed E-state index contributed by atoms with van der Waals surface area (Å²) in [5, 5.41) is 0. The number of aromatic nitrogens is 2. The Kier molecular flexibility index (Phi) is 3.93. The van der Waals surface area contributed by atoms with Gasteiger partial charge in [0.1, 0.15) is 0 Å². The van der Waals surface area contributed by atoms with Gasteiger partial charge < -0.3 is 13.9 Å². The number of pyridine rings is 1. The number of methoxy groups -OCH3 is 1. The molecular weight excluding hydrogens is 272 g/mol. The fourth-order valence-corrected chi connectivity index (χ4v) is 1.86. The summed E-state index contributed by atoms with van der Waals surface area (Å²) in [6.45, 7) is 1.71. The summed E-state index contributed by atoms with van der Waals surface area (Å²) in [7, 11) is 1.66. The van der Waals surface area contributed by atoms with Crippen LogP contribution in [-0.4, -0.2) is 29.7 Å². The third-order valence-electron chi connectivity index (χ3n) is 2.17. The van der Waals surface area contributed by atoms with Crippen LogP contribution in [0.5, 0.6) is 0 Å². The fraction of sp³-hybridized carbons (Fsp3) is 0.364. The highest BCUT2D eigenvalue weighted by molar-refractivity contribution is 9.10. The molecule has 0 N–H and O–H groups in total. The second-order valence-electron chi connectivity index (χ2n) is 3.36. The molecule has 0 fully saturated rings. The van der Waals surface area contributed by atoms with Gasteiger partial charge in [0.05, 0.1) is 30.0 Å². The summed E-state index contributed by atoms with van der Waals surface area (Å²) < 4.78 is 13.3. The van der Waals surface area contributed by atoms with E-state index in [0.717, 1.165) is 15.8 Å². The number of hydrogen-bond donors (Lipinski definition) is 0. The Hall–Kier alpha value is -0.910. The van der Waals surface area contributed by atoms with E-state index in [9.17, 15) is 0 Å². The molecule has 2 heterocycles. The average molecular weight is 285 g/mol. The van der Waals surface area contributed by atoms with Crippen molar-refractivity contribution < 1.29 is 9.47 Å². The summed E-state index contributed by atoms with van der Waals surface area (Å²) in [5.74, 6) is 0. The molecule has 86 valence electrons. The molecule has 0 amide bonds. The summed E-state index contributed by atoms with van der Waals surface area (Å²) in [5.41, 5.74) is 1.83. The van der Waals surface area contributed by atoms with Crippen LogP contribution in [0, 0.1) is 0 Å². The Morgan fingerprint density at radius 3 is 3.06 bits per heavy atom. The largest absolute Gasteiger partial charge is 0.382 e. The van der Waals surface area contributed by atoms with Crippen molar-refractivity contribution in [2.24, 2.45) is 0 Å². The van der Waals surface area contributed by atoms with Crippen molar-refractivity contribution >= 4 is 21.6 Å². The van der Waals surface area contributed by atoms with Gasteiger partial charge in [-0.05, 0) is 28.1 Å². The van der Waals surface area contributed by atoms with Crippen LogP contribution in [0.2, 0.25) is 0 Å². The molecule has 0 saturated carbocycles. The van der Waals surface area contributed by atoms with E-state index in [2.05, 4.69) is 20.9 Å². The number of hydrogen-bond acceptors (Lipinski definition) is 3. The maximum absolute atomic E-state index is 5.41. The predicted molar refractivity (Wildman–Crippen MR) is 64.4 cm³/mol. The first kappa shape index (κ1) is 11.6. The first-order valence-corrected chi connectivity index (χ1v) is 5.79. The number of nitrogens with zero attached hydrogens (tertiary/aromatic N) is 2. The molecule has 0 aromatic carbocycles. The molecular formula is C11H13BrN2O2. The second-order valence-corrected chi connectivity index (χ2v) is 4.22. The second kappa shape index (κ2) is 5.43. The lowest BCUT2D eigenvalue weighted by Gasteiger charge is -1.99. The molecule has 0 bridgehead atoms. The van der Waals surface area contributed by atoms with Crippen molar-refractivity contribution in [1.29, 1.82) is 0 Å². The van der Waals surface area contributed by atoms with Crippen LogP contribution < -0.4 is 0 Å². The highest BCUT2D eigenvalue weighted by atomic mass is 79.9. The van der Waals surface area contributed by atoms with E-state index >= 15 is 0 Å². The van der Waals surface area contributed by atoms with E-state index in [1.165, 1.54) is 0 Å². The maximum Gasteiger partial charge on any atom is 0.151 e. The van der Waals surface area contributed by atoms with E-state index in [0.29, 0.717) is 19.8 Å². The zero-order chi connectivity index (χ0) is 11.4. The van der Waals surface area contributed by atoms with Crippen LogP contribution in [0.3, 0.4) is 0 Å². The fourth-order valence-electron chi connectivity index (χ4n) is 1.42. The van der Waals surface area contributed by atoms with Gasteiger partial charge >= 0.3 is 0 Å². The van der Waals surface area contributed by atoms with Crippen LogP contribution in [0.4, 0.5) is 0 Å². The third-order valence-corrected chi connectivity index (χ3v) is 2.79. The molecule has 0 atom stereocenters. The molecule has 4 nitrogen and oxygen atoms in total. The summed E-state index contributed by atoms with van der Waals surface area (Å²) in [6.07, 6.45) is 3.93. The third kappa shape index (κ3) is 2.61. The van der Waals surface area contributed by atoms with Crippen molar-refractivity contribution in [2.45, 2.75) is 6.61 Å². The normalized spacial score (nSPS) is 11.1. The predicted octanol–water partition coefficient (Wildman–Crippen LogP) is 2.26. The molecule has 0 aliphatic heterocycles. The standard InChI is InChI=1S/C11H13BrN2O2/c1-15-5-6-16-8-9-7-14-4-2-3-10(12)11(14)13-9/h2-4,7H,5-6,8H2,1H3. The Morgan fingerprint density at radius 1 is 1.44 bits per heavy atom. The lowest BCUT2D eigenvalue weighted by molar-refractivity contribution is 0.0604. The topological polar surface area (TPSA) is 35.8 Å². The van der Waals surface area contributed by atoms with Crippen molar-refractivity contribution in [3.8, 4) is 0 Å². The van der Waals surface area contributed by atoms with Crippen LogP contribution in [-0.2, 0) is 16.1 Å². The Labute approximate surface area is 102 Å². The zero-order valence-corrected chi connectivity index (χ0v) is 10.6. The van der Waals surface area contributed by atoms with Gasteiger partial charge in [-0.15, -0.1) is 0 Å².